The van der Waals surface area contributed by atoms with Crippen LogP contribution in [-0.4, -0.2) is 27.6 Å². The van der Waals surface area contributed by atoms with E-state index in [4.69, 9.17) is 5.11 Å². The maximum Gasteiger partial charge on any atom is 0.373 e. The molecule has 0 aliphatic carbocycles. The number of Topliss-reactive ketones (excluding diaryl/α,β-unsaturated/α-hetero) is 1. The van der Waals surface area contributed by atoms with Crippen molar-refractivity contribution in [3.8, 4) is 0 Å². The van der Waals surface area contributed by atoms with Gasteiger partial charge in [0.2, 0.25) is 5.78 Å². The quantitative estimate of drug-likeness (QED) is 0.667. The maximum absolute atomic E-state index is 10.9. The van der Waals surface area contributed by atoms with Crippen molar-refractivity contribution in [1.82, 2.24) is 4.98 Å². The summed E-state index contributed by atoms with van der Waals surface area (Å²) in [4.78, 5) is 25.5. The van der Waals surface area contributed by atoms with E-state index < -0.39 is 11.8 Å². The lowest BCUT2D eigenvalue weighted by Crippen LogP contribution is -2.14. The second-order valence-corrected chi connectivity index (χ2v) is 5.22. The smallest absolute Gasteiger partial charge is 0.373 e. The van der Waals surface area contributed by atoms with Crippen molar-refractivity contribution in [2.24, 2.45) is 0 Å². The van der Waals surface area contributed by atoms with Crippen LogP contribution in [0, 0.1) is 0 Å². The first-order valence-corrected chi connectivity index (χ1v) is 6.21. The van der Waals surface area contributed by atoms with Gasteiger partial charge in [0, 0.05) is 0 Å². The Kier molecular flexibility index (Phi) is 3.21. The van der Waals surface area contributed by atoms with E-state index >= 15 is 0 Å². The number of ketones is 1. The minimum absolute atomic E-state index is 0.0743. The van der Waals surface area contributed by atoms with Gasteiger partial charge in [-0.15, -0.1) is 11.3 Å². The number of nitrogens with zero attached hydrogens (tertiary/aromatic N) is 1. The predicted octanol–water partition coefficient (Wildman–Crippen LogP) is 2.04. The van der Waals surface area contributed by atoms with Crippen LogP contribution >= 0.6 is 23.1 Å². The summed E-state index contributed by atoms with van der Waals surface area (Å²) in [5.74, 6) is -2.27. The summed E-state index contributed by atoms with van der Waals surface area (Å²) in [6, 6.07) is 7.63. The lowest BCUT2D eigenvalue weighted by molar-refractivity contribution is -0.147. The van der Waals surface area contributed by atoms with Crippen molar-refractivity contribution >= 4 is 45.1 Å². The van der Waals surface area contributed by atoms with Crippen LogP contribution in [0.2, 0.25) is 0 Å². The fraction of sp³-hybridized carbons (Fsp3) is 0.100. The first kappa shape index (κ1) is 11.1. The third-order valence-corrected chi connectivity index (χ3v) is 4.02. The molecule has 1 heterocycles. The second kappa shape index (κ2) is 4.63. The standard InChI is InChI=1S/C10H7NO3S2/c12-7(9(13)14)5-15-10-11-6-3-1-2-4-8(6)16-10/h1-4H,5H2,(H,13,14). The molecule has 0 unspecified atom stereocenters. The van der Waals surface area contributed by atoms with E-state index in [-0.39, 0.29) is 5.75 Å². The number of benzene rings is 1. The molecule has 0 aliphatic rings. The van der Waals surface area contributed by atoms with Gasteiger partial charge in [-0.1, -0.05) is 23.9 Å². The molecule has 2 aromatic rings. The largest absolute Gasteiger partial charge is 0.475 e. The summed E-state index contributed by atoms with van der Waals surface area (Å²) in [7, 11) is 0. The number of hydrogen-bond acceptors (Lipinski definition) is 5. The number of para-hydroxylation sites is 1. The molecule has 0 amide bonds. The van der Waals surface area contributed by atoms with Crippen molar-refractivity contribution in [3.05, 3.63) is 24.3 Å². The SMILES string of the molecule is O=C(O)C(=O)CSc1nc2ccccc2s1. The van der Waals surface area contributed by atoms with Crippen molar-refractivity contribution in [1.29, 1.82) is 0 Å². The average Bonchev–Trinajstić information content (AvgIpc) is 2.68. The first-order chi connectivity index (χ1) is 7.66. The number of aromatic nitrogens is 1. The molecule has 1 N–H and O–H groups in total. The van der Waals surface area contributed by atoms with Crippen LogP contribution in [0.15, 0.2) is 28.6 Å². The maximum atomic E-state index is 10.9. The van der Waals surface area contributed by atoms with Crippen molar-refractivity contribution in [3.63, 3.8) is 0 Å². The van der Waals surface area contributed by atoms with E-state index in [1.807, 2.05) is 24.3 Å². The van der Waals surface area contributed by atoms with Crippen LogP contribution in [0.3, 0.4) is 0 Å². The van der Waals surface area contributed by atoms with Crippen molar-refractivity contribution in [2.45, 2.75) is 4.34 Å². The molecule has 0 aliphatic heterocycles. The highest BCUT2D eigenvalue weighted by Gasteiger charge is 2.13. The minimum atomic E-state index is -1.39. The molecule has 6 heteroatoms. The molecule has 82 valence electrons. The molecule has 0 radical (unpaired) electrons. The summed E-state index contributed by atoms with van der Waals surface area (Å²) in [5.41, 5.74) is 0.873. The Labute approximate surface area is 99.3 Å². The Morgan fingerprint density at radius 2 is 2.12 bits per heavy atom. The van der Waals surface area contributed by atoms with E-state index in [9.17, 15) is 9.59 Å². The van der Waals surface area contributed by atoms with E-state index in [0.717, 1.165) is 26.3 Å². The number of aliphatic carboxylic acids is 1. The highest BCUT2D eigenvalue weighted by atomic mass is 32.2. The molecule has 0 bridgehead atoms. The van der Waals surface area contributed by atoms with Crippen molar-refractivity contribution in [2.75, 3.05) is 5.75 Å². The topological polar surface area (TPSA) is 67.3 Å². The molecular formula is C10H7NO3S2. The molecule has 0 atom stereocenters. The van der Waals surface area contributed by atoms with Gasteiger partial charge in [-0.2, -0.15) is 0 Å². The van der Waals surface area contributed by atoms with Gasteiger partial charge in [-0.05, 0) is 12.1 Å². The van der Waals surface area contributed by atoms with Crippen LogP contribution in [0.1, 0.15) is 0 Å². The normalized spacial score (nSPS) is 10.5. The number of fused-ring (bicyclic) bond motifs is 1. The third kappa shape index (κ3) is 2.40. The summed E-state index contributed by atoms with van der Waals surface area (Å²) < 4.78 is 1.75. The average molecular weight is 253 g/mol. The zero-order valence-corrected chi connectivity index (χ0v) is 9.68. The van der Waals surface area contributed by atoms with E-state index in [2.05, 4.69) is 4.98 Å². The van der Waals surface area contributed by atoms with E-state index in [1.54, 1.807) is 0 Å². The van der Waals surface area contributed by atoms with Gasteiger partial charge in [-0.25, -0.2) is 9.78 Å². The fourth-order valence-electron chi connectivity index (χ4n) is 1.10. The second-order valence-electron chi connectivity index (χ2n) is 2.96. The fourth-order valence-corrected chi connectivity index (χ4v) is 3.02. The van der Waals surface area contributed by atoms with Crippen LogP contribution < -0.4 is 0 Å². The number of hydrogen-bond donors (Lipinski definition) is 1. The Morgan fingerprint density at radius 1 is 1.38 bits per heavy atom. The number of thioether (sulfide) groups is 1. The molecule has 1 aromatic heterocycles. The molecule has 0 spiro atoms. The molecule has 16 heavy (non-hydrogen) atoms. The molecule has 0 fully saturated rings. The highest BCUT2D eigenvalue weighted by molar-refractivity contribution is 8.01. The number of rotatable bonds is 4. The Morgan fingerprint density at radius 3 is 2.81 bits per heavy atom. The number of carboxylic acid groups (broad SMARTS) is 1. The zero-order valence-electron chi connectivity index (χ0n) is 8.04. The number of carboxylic acids is 1. The molecule has 4 nitrogen and oxygen atoms in total. The summed E-state index contributed by atoms with van der Waals surface area (Å²) >= 11 is 2.62. The Bertz CT molecular complexity index is 517. The minimum Gasteiger partial charge on any atom is -0.475 e. The lowest BCUT2D eigenvalue weighted by atomic mass is 10.3. The van der Waals surface area contributed by atoms with E-state index in [0.29, 0.717) is 0 Å². The van der Waals surface area contributed by atoms with Crippen LogP contribution in [0.4, 0.5) is 0 Å². The highest BCUT2D eigenvalue weighted by Crippen LogP contribution is 2.29. The van der Waals surface area contributed by atoms with Gasteiger partial charge in [0.05, 0.1) is 16.0 Å². The molecule has 1 aromatic carbocycles. The van der Waals surface area contributed by atoms with Gasteiger partial charge < -0.3 is 5.11 Å². The molecular weight excluding hydrogens is 246 g/mol. The predicted molar refractivity (Wildman–Crippen MR) is 63.0 cm³/mol. The summed E-state index contributed by atoms with van der Waals surface area (Å²) in [6.07, 6.45) is 0. The summed E-state index contributed by atoms with van der Waals surface area (Å²) in [5, 5.41) is 8.42. The molecule has 0 saturated heterocycles. The van der Waals surface area contributed by atoms with E-state index in [1.165, 1.54) is 11.3 Å². The number of thiazole rings is 1. The van der Waals surface area contributed by atoms with Gasteiger partial charge in [0.15, 0.2) is 4.34 Å². The molecule has 0 saturated carbocycles. The first-order valence-electron chi connectivity index (χ1n) is 4.41. The third-order valence-electron chi connectivity index (χ3n) is 1.84. The Hall–Kier alpha value is -1.40. The van der Waals surface area contributed by atoms with Crippen LogP contribution in [0.25, 0.3) is 10.2 Å². The number of carbonyl (C=O) groups is 2. The lowest BCUT2D eigenvalue weighted by Gasteiger charge is -1.91. The monoisotopic (exact) mass is 253 g/mol. The Balaban J connectivity index is 2.10. The number of carbonyl (C=O) groups excluding carboxylic acids is 1. The van der Waals surface area contributed by atoms with Gasteiger partial charge in [0.25, 0.3) is 0 Å². The summed E-state index contributed by atoms with van der Waals surface area (Å²) in [6.45, 7) is 0. The van der Waals surface area contributed by atoms with Gasteiger partial charge in [-0.3, -0.25) is 4.79 Å². The van der Waals surface area contributed by atoms with Gasteiger partial charge >= 0.3 is 5.97 Å². The van der Waals surface area contributed by atoms with Gasteiger partial charge in [0.1, 0.15) is 0 Å². The van der Waals surface area contributed by atoms with Crippen LogP contribution in [-0.2, 0) is 9.59 Å². The van der Waals surface area contributed by atoms with Crippen LogP contribution in [0.5, 0.6) is 0 Å². The molecule has 2 rings (SSSR count). The van der Waals surface area contributed by atoms with Crippen molar-refractivity contribution < 1.29 is 14.7 Å². The zero-order chi connectivity index (χ0) is 11.5.